The van der Waals surface area contributed by atoms with Crippen molar-refractivity contribution in [1.82, 2.24) is 0 Å². The quantitative estimate of drug-likeness (QED) is 0.714. The van der Waals surface area contributed by atoms with E-state index in [4.69, 9.17) is 29.3 Å². The normalized spacial score (nSPS) is 39.9. The van der Waals surface area contributed by atoms with E-state index >= 15 is 0 Å². The van der Waals surface area contributed by atoms with Gasteiger partial charge in [0.2, 0.25) is 17.4 Å². The van der Waals surface area contributed by atoms with E-state index < -0.39 is 17.4 Å². The average Bonchev–Trinajstić information content (AvgIpc) is 2.46. The first-order chi connectivity index (χ1) is 9.30. The van der Waals surface area contributed by atoms with Gasteiger partial charge in [0.1, 0.15) is 0 Å². The van der Waals surface area contributed by atoms with E-state index in [0.29, 0.717) is 19.3 Å². The first kappa shape index (κ1) is 17.8. The molecule has 1 fully saturated rings. The second-order valence-electron chi connectivity index (χ2n) is 5.75. The summed E-state index contributed by atoms with van der Waals surface area (Å²) < 4.78 is 0. The summed E-state index contributed by atoms with van der Waals surface area (Å²) in [5.41, 5.74) is 0. The Morgan fingerprint density at radius 2 is 0.850 bits per heavy atom. The molecule has 1 saturated heterocycles. The van der Waals surface area contributed by atoms with Crippen LogP contribution in [0.1, 0.15) is 73.6 Å². The molecule has 0 saturated carbocycles. The molecule has 0 amide bonds. The summed E-state index contributed by atoms with van der Waals surface area (Å²) in [7, 11) is 0. The minimum atomic E-state index is -1.01. The van der Waals surface area contributed by atoms with Gasteiger partial charge >= 0.3 is 0 Å². The van der Waals surface area contributed by atoms with Crippen molar-refractivity contribution in [1.29, 1.82) is 0 Å². The summed E-state index contributed by atoms with van der Waals surface area (Å²) >= 11 is 0. The van der Waals surface area contributed by atoms with E-state index in [0.717, 1.165) is 12.8 Å². The molecular formula is C14H28O6. The van der Waals surface area contributed by atoms with Crippen LogP contribution in [-0.4, -0.2) is 17.4 Å². The first-order valence-corrected chi connectivity index (χ1v) is 7.41. The molecule has 0 bridgehead atoms. The molecule has 1 aliphatic rings. The van der Waals surface area contributed by atoms with E-state index in [-0.39, 0.29) is 0 Å². The van der Waals surface area contributed by atoms with Gasteiger partial charge in [0, 0.05) is 19.3 Å². The van der Waals surface area contributed by atoms with Crippen LogP contribution in [0, 0.1) is 0 Å². The van der Waals surface area contributed by atoms with E-state index in [2.05, 4.69) is 0 Å². The van der Waals surface area contributed by atoms with E-state index in [1.165, 1.54) is 0 Å². The lowest BCUT2D eigenvalue weighted by atomic mass is 10.2. The van der Waals surface area contributed by atoms with Gasteiger partial charge in [-0.05, 0) is 20.8 Å². The van der Waals surface area contributed by atoms with Gasteiger partial charge in [-0.1, -0.05) is 33.6 Å². The van der Waals surface area contributed by atoms with Crippen LogP contribution >= 0.6 is 0 Å². The summed E-state index contributed by atoms with van der Waals surface area (Å²) in [6, 6.07) is 0. The fraction of sp³-hybridized carbons (Fsp3) is 1.00. The Morgan fingerprint density at radius 1 is 0.550 bits per heavy atom. The fourth-order valence-corrected chi connectivity index (χ4v) is 1.76. The zero-order valence-corrected chi connectivity index (χ0v) is 13.5. The minimum absolute atomic E-state index is 0.553. The highest BCUT2D eigenvalue weighted by molar-refractivity contribution is 4.64. The summed E-state index contributed by atoms with van der Waals surface area (Å²) in [6.07, 6.45) is 3.51. The van der Waals surface area contributed by atoms with Gasteiger partial charge in [0.25, 0.3) is 0 Å². The Bertz CT molecular complexity index is 273. The van der Waals surface area contributed by atoms with Crippen LogP contribution < -0.4 is 0 Å². The molecule has 6 nitrogen and oxygen atoms in total. The van der Waals surface area contributed by atoms with Crippen LogP contribution in [0.3, 0.4) is 0 Å². The molecule has 0 N–H and O–H groups in total. The number of rotatable bonds is 5. The Kier molecular flexibility index (Phi) is 6.37. The largest absolute Gasteiger partial charge is 0.231 e. The second kappa shape index (κ2) is 7.15. The van der Waals surface area contributed by atoms with Crippen molar-refractivity contribution in [3.63, 3.8) is 0 Å². The van der Waals surface area contributed by atoms with Gasteiger partial charge in [0.05, 0.1) is 0 Å². The van der Waals surface area contributed by atoms with Gasteiger partial charge in [-0.2, -0.15) is 29.3 Å². The lowest BCUT2D eigenvalue weighted by molar-refractivity contribution is -0.543. The lowest BCUT2D eigenvalue weighted by Gasteiger charge is -2.30. The third-order valence-corrected chi connectivity index (χ3v) is 3.23. The average molecular weight is 292 g/mol. The summed E-state index contributed by atoms with van der Waals surface area (Å²) in [5, 5.41) is 0. The second-order valence-corrected chi connectivity index (χ2v) is 5.75. The summed E-state index contributed by atoms with van der Waals surface area (Å²) in [5.74, 6) is -3.02. The van der Waals surface area contributed by atoms with Crippen LogP contribution in [0.25, 0.3) is 0 Å². The predicted molar refractivity (Wildman–Crippen MR) is 71.8 cm³/mol. The zero-order chi connectivity index (χ0) is 15.3. The maximum Gasteiger partial charge on any atom is 0.231 e. The molecule has 0 spiro atoms. The van der Waals surface area contributed by atoms with Gasteiger partial charge in [-0.15, -0.1) is 0 Å². The van der Waals surface area contributed by atoms with Gasteiger partial charge in [-0.25, -0.2) is 0 Å². The molecule has 6 heteroatoms. The van der Waals surface area contributed by atoms with Crippen molar-refractivity contribution < 1.29 is 29.3 Å². The molecule has 0 aromatic heterocycles. The fourth-order valence-electron chi connectivity index (χ4n) is 1.76. The zero-order valence-electron chi connectivity index (χ0n) is 13.5. The lowest BCUT2D eigenvalue weighted by Crippen LogP contribution is -2.38. The molecule has 0 radical (unpaired) electrons. The molecule has 2 atom stereocenters. The van der Waals surface area contributed by atoms with Crippen molar-refractivity contribution in [2.45, 2.75) is 91.0 Å². The van der Waals surface area contributed by atoms with Crippen LogP contribution in [0.15, 0.2) is 0 Å². The summed E-state index contributed by atoms with van der Waals surface area (Å²) in [6.45, 7) is 11.3. The van der Waals surface area contributed by atoms with Crippen molar-refractivity contribution >= 4 is 0 Å². The highest BCUT2D eigenvalue weighted by Crippen LogP contribution is 2.33. The Hall–Kier alpha value is -0.240. The molecule has 2 unspecified atom stereocenters. The van der Waals surface area contributed by atoms with E-state index in [1.54, 1.807) is 20.8 Å². The number of hydrogen-bond donors (Lipinski definition) is 0. The topological polar surface area (TPSA) is 55.4 Å². The molecule has 0 aromatic rings. The minimum Gasteiger partial charge on any atom is -0.195 e. The Morgan fingerprint density at radius 3 is 1.10 bits per heavy atom. The van der Waals surface area contributed by atoms with Gasteiger partial charge in [0.15, 0.2) is 0 Å². The van der Waals surface area contributed by atoms with E-state index in [9.17, 15) is 0 Å². The molecule has 1 aliphatic heterocycles. The van der Waals surface area contributed by atoms with Crippen molar-refractivity contribution in [2.24, 2.45) is 0 Å². The Balaban J connectivity index is 2.90. The Labute approximate surface area is 121 Å². The first-order valence-electron chi connectivity index (χ1n) is 7.41. The third kappa shape index (κ3) is 4.95. The maximum atomic E-state index is 5.44. The molecular weight excluding hydrogens is 264 g/mol. The van der Waals surface area contributed by atoms with Crippen LogP contribution in [0.2, 0.25) is 0 Å². The smallest absolute Gasteiger partial charge is 0.195 e. The molecule has 0 aromatic carbocycles. The molecule has 1 heterocycles. The van der Waals surface area contributed by atoms with Crippen molar-refractivity contribution in [2.75, 3.05) is 0 Å². The highest BCUT2D eigenvalue weighted by atomic mass is 17.4. The van der Waals surface area contributed by atoms with Crippen molar-refractivity contribution in [3.05, 3.63) is 0 Å². The predicted octanol–water partition coefficient (Wildman–Crippen LogP) is 4.00. The molecule has 1 rings (SSSR count). The van der Waals surface area contributed by atoms with E-state index in [1.807, 2.05) is 20.8 Å². The SMILES string of the molecule is CCCC1(C)OOC(C)(CC)OOC(C)(CCC)OO1. The standard InChI is InChI=1S/C14H28O6/c1-7-10-13(5)17-15-12(4,9-3)16-18-14(6,11-8-2)20-19-13/h7-11H2,1-6H3. The van der Waals surface area contributed by atoms with Crippen molar-refractivity contribution in [3.8, 4) is 0 Å². The third-order valence-electron chi connectivity index (χ3n) is 3.23. The maximum absolute atomic E-state index is 5.44. The molecule has 0 aliphatic carbocycles. The highest BCUT2D eigenvalue weighted by Gasteiger charge is 2.42. The van der Waals surface area contributed by atoms with Crippen LogP contribution in [0.5, 0.6) is 0 Å². The molecule has 20 heavy (non-hydrogen) atoms. The van der Waals surface area contributed by atoms with Crippen LogP contribution in [-0.2, 0) is 29.3 Å². The molecule has 120 valence electrons. The monoisotopic (exact) mass is 292 g/mol. The van der Waals surface area contributed by atoms with Crippen LogP contribution in [0.4, 0.5) is 0 Å². The van der Waals surface area contributed by atoms with Gasteiger partial charge < -0.3 is 0 Å². The summed E-state index contributed by atoms with van der Waals surface area (Å²) in [4.78, 5) is 32.5. The van der Waals surface area contributed by atoms with Gasteiger partial charge in [-0.3, -0.25) is 0 Å². The number of hydrogen-bond acceptors (Lipinski definition) is 6.